The van der Waals surface area contributed by atoms with Gasteiger partial charge in [-0.1, -0.05) is 28.9 Å². The highest BCUT2D eigenvalue weighted by atomic mass is 79.9. The third kappa shape index (κ3) is 3.41. The Kier molecular flexibility index (Phi) is 5.36. The Labute approximate surface area is 119 Å². The van der Waals surface area contributed by atoms with Crippen molar-refractivity contribution in [1.82, 2.24) is 5.32 Å². The van der Waals surface area contributed by atoms with E-state index in [9.17, 15) is 4.21 Å². The summed E-state index contributed by atoms with van der Waals surface area (Å²) in [6, 6.07) is 7.98. The van der Waals surface area contributed by atoms with Gasteiger partial charge in [0.15, 0.2) is 0 Å². The summed E-state index contributed by atoms with van der Waals surface area (Å²) < 4.78 is 19.1. The molecule has 3 unspecified atom stereocenters. The van der Waals surface area contributed by atoms with E-state index in [-0.39, 0.29) is 11.3 Å². The average molecular weight is 332 g/mol. The van der Waals surface area contributed by atoms with E-state index in [1.807, 2.05) is 24.3 Å². The number of rotatable bonds is 4. The van der Waals surface area contributed by atoms with Gasteiger partial charge in [0.25, 0.3) is 0 Å². The molecule has 2 rings (SSSR count). The van der Waals surface area contributed by atoms with Crippen LogP contribution in [0.25, 0.3) is 0 Å². The SMILES string of the molecule is CCNC1CCOCC1S(=O)c1cccc(Br)c1. The molecule has 0 aromatic heterocycles. The van der Waals surface area contributed by atoms with Gasteiger partial charge < -0.3 is 10.1 Å². The highest BCUT2D eigenvalue weighted by Crippen LogP contribution is 2.22. The maximum absolute atomic E-state index is 12.6. The maximum Gasteiger partial charge on any atom is 0.0782 e. The van der Waals surface area contributed by atoms with Gasteiger partial charge in [0.2, 0.25) is 0 Å². The van der Waals surface area contributed by atoms with Gasteiger partial charge >= 0.3 is 0 Å². The van der Waals surface area contributed by atoms with E-state index >= 15 is 0 Å². The van der Waals surface area contributed by atoms with Crippen molar-refractivity contribution in [2.24, 2.45) is 0 Å². The minimum Gasteiger partial charge on any atom is -0.380 e. The van der Waals surface area contributed by atoms with Crippen molar-refractivity contribution in [3.63, 3.8) is 0 Å². The molecular formula is C13H18BrNO2S. The predicted octanol–water partition coefficient (Wildman–Crippen LogP) is 2.32. The summed E-state index contributed by atoms with van der Waals surface area (Å²) in [6.45, 7) is 4.30. The first-order valence-corrected chi connectivity index (χ1v) is 8.20. The van der Waals surface area contributed by atoms with Crippen molar-refractivity contribution in [1.29, 1.82) is 0 Å². The zero-order chi connectivity index (χ0) is 13.0. The second-order valence-corrected chi connectivity index (χ2v) is 6.91. The largest absolute Gasteiger partial charge is 0.380 e. The quantitative estimate of drug-likeness (QED) is 0.920. The van der Waals surface area contributed by atoms with Crippen LogP contribution in [0.3, 0.4) is 0 Å². The molecule has 0 saturated carbocycles. The molecule has 0 aliphatic carbocycles. The van der Waals surface area contributed by atoms with Crippen LogP contribution >= 0.6 is 15.9 Å². The lowest BCUT2D eigenvalue weighted by molar-refractivity contribution is 0.0824. The molecule has 1 aromatic carbocycles. The van der Waals surface area contributed by atoms with Crippen LogP contribution in [0.15, 0.2) is 33.6 Å². The van der Waals surface area contributed by atoms with Crippen LogP contribution in [0.4, 0.5) is 0 Å². The van der Waals surface area contributed by atoms with E-state index in [1.54, 1.807) is 0 Å². The molecule has 100 valence electrons. The zero-order valence-electron chi connectivity index (χ0n) is 10.4. The third-order valence-electron chi connectivity index (χ3n) is 3.07. The Morgan fingerprint density at radius 1 is 1.56 bits per heavy atom. The monoisotopic (exact) mass is 331 g/mol. The van der Waals surface area contributed by atoms with E-state index in [0.717, 1.165) is 28.9 Å². The van der Waals surface area contributed by atoms with Crippen LogP contribution in [0.5, 0.6) is 0 Å². The number of nitrogens with one attached hydrogen (secondary N) is 1. The molecule has 0 spiro atoms. The first-order chi connectivity index (χ1) is 8.72. The van der Waals surface area contributed by atoms with E-state index in [0.29, 0.717) is 6.61 Å². The van der Waals surface area contributed by atoms with E-state index in [2.05, 4.69) is 28.2 Å². The summed E-state index contributed by atoms with van der Waals surface area (Å²) in [7, 11) is -1.03. The van der Waals surface area contributed by atoms with E-state index < -0.39 is 10.8 Å². The first kappa shape index (κ1) is 14.2. The molecule has 0 radical (unpaired) electrons. The predicted molar refractivity (Wildman–Crippen MR) is 77.2 cm³/mol. The molecule has 3 nitrogen and oxygen atoms in total. The molecule has 3 atom stereocenters. The Morgan fingerprint density at radius 3 is 3.11 bits per heavy atom. The normalized spacial score (nSPS) is 25.9. The minimum absolute atomic E-state index is 0.0352. The molecule has 18 heavy (non-hydrogen) atoms. The first-order valence-electron chi connectivity index (χ1n) is 6.19. The van der Waals surface area contributed by atoms with Crippen molar-refractivity contribution in [2.45, 2.75) is 29.5 Å². The smallest absolute Gasteiger partial charge is 0.0782 e. The van der Waals surface area contributed by atoms with Gasteiger partial charge in [-0.3, -0.25) is 4.21 Å². The molecule has 0 amide bonds. The van der Waals surface area contributed by atoms with Crippen LogP contribution in [-0.4, -0.2) is 35.3 Å². The van der Waals surface area contributed by atoms with Crippen LogP contribution in [0.2, 0.25) is 0 Å². The van der Waals surface area contributed by atoms with Crippen LogP contribution in [0, 0.1) is 0 Å². The lowest BCUT2D eigenvalue weighted by Gasteiger charge is -2.31. The van der Waals surface area contributed by atoms with Gasteiger partial charge in [0.1, 0.15) is 0 Å². The molecule has 1 aliphatic heterocycles. The maximum atomic E-state index is 12.6. The van der Waals surface area contributed by atoms with Gasteiger partial charge in [0.05, 0.1) is 22.7 Å². The van der Waals surface area contributed by atoms with Crippen molar-refractivity contribution < 1.29 is 8.95 Å². The average Bonchev–Trinajstić information content (AvgIpc) is 2.39. The highest BCUT2D eigenvalue weighted by Gasteiger charge is 2.30. The van der Waals surface area contributed by atoms with Crippen LogP contribution in [-0.2, 0) is 15.5 Å². The Bertz CT molecular complexity index is 425. The Hall–Kier alpha value is -0.230. The van der Waals surface area contributed by atoms with Crippen molar-refractivity contribution >= 4 is 26.7 Å². The molecule has 1 aromatic rings. The summed E-state index contributed by atoms with van der Waals surface area (Å²) in [6.07, 6.45) is 0.929. The Morgan fingerprint density at radius 2 is 2.39 bits per heavy atom. The van der Waals surface area contributed by atoms with E-state index in [1.165, 1.54) is 0 Å². The summed E-state index contributed by atoms with van der Waals surface area (Å²) in [5.41, 5.74) is 0. The third-order valence-corrected chi connectivity index (χ3v) is 5.30. The van der Waals surface area contributed by atoms with Gasteiger partial charge in [-0.25, -0.2) is 0 Å². The van der Waals surface area contributed by atoms with Gasteiger partial charge in [-0.05, 0) is 31.2 Å². The Balaban J connectivity index is 2.15. The molecule has 1 fully saturated rings. The van der Waals surface area contributed by atoms with Gasteiger partial charge in [-0.2, -0.15) is 0 Å². The lowest BCUT2D eigenvalue weighted by atomic mass is 10.1. The highest BCUT2D eigenvalue weighted by molar-refractivity contribution is 9.10. The fraction of sp³-hybridized carbons (Fsp3) is 0.538. The van der Waals surface area contributed by atoms with Crippen molar-refractivity contribution in [3.05, 3.63) is 28.7 Å². The minimum atomic E-state index is -1.03. The molecular weight excluding hydrogens is 314 g/mol. The molecule has 1 N–H and O–H groups in total. The zero-order valence-corrected chi connectivity index (χ0v) is 12.8. The van der Waals surface area contributed by atoms with Crippen molar-refractivity contribution in [2.75, 3.05) is 19.8 Å². The van der Waals surface area contributed by atoms with Crippen molar-refractivity contribution in [3.8, 4) is 0 Å². The van der Waals surface area contributed by atoms with Crippen LogP contribution < -0.4 is 5.32 Å². The molecule has 5 heteroatoms. The fourth-order valence-corrected chi connectivity index (χ4v) is 4.29. The molecule has 1 aliphatic rings. The summed E-state index contributed by atoms with van der Waals surface area (Å²) in [5.74, 6) is 0. The summed E-state index contributed by atoms with van der Waals surface area (Å²) >= 11 is 3.42. The fourth-order valence-electron chi connectivity index (χ4n) is 2.19. The number of benzene rings is 1. The number of halogens is 1. The van der Waals surface area contributed by atoms with Gasteiger partial charge in [0, 0.05) is 22.0 Å². The molecule has 1 saturated heterocycles. The standard InChI is InChI=1S/C13H18BrNO2S/c1-2-15-12-6-7-17-9-13(12)18(16)11-5-3-4-10(14)8-11/h3-5,8,12-13,15H,2,6-7,9H2,1H3. The van der Waals surface area contributed by atoms with Crippen LogP contribution in [0.1, 0.15) is 13.3 Å². The number of ether oxygens (including phenoxy) is 1. The lowest BCUT2D eigenvalue weighted by Crippen LogP contribution is -2.48. The second-order valence-electron chi connectivity index (χ2n) is 4.32. The topological polar surface area (TPSA) is 38.3 Å². The van der Waals surface area contributed by atoms with E-state index in [4.69, 9.17) is 4.74 Å². The van der Waals surface area contributed by atoms with Gasteiger partial charge in [-0.15, -0.1) is 0 Å². The summed E-state index contributed by atoms with van der Waals surface area (Å²) in [5, 5.41) is 3.45. The molecule has 1 heterocycles. The number of hydrogen-bond acceptors (Lipinski definition) is 3. The second kappa shape index (κ2) is 6.80. The summed E-state index contributed by atoms with van der Waals surface area (Å²) in [4.78, 5) is 0.864. The molecule has 0 bridgehead atoms. The number of hydrogen-bond donors (Lipinski definition) is 1.